The Labute approximate surface area is 195 Å². The number of carbonyl (C=O) groups excluding carboxylic acids is 2. The van der Waals surface area contributed by atoms with Crippen molar-refractivity contribution in [2.24, 2.45) is 11.5 Å². The normalized spacial score (nSPS) is 11.4. The molecule has 0 unspecified atom stereocenters. The van der Waals surface area contributed by atoms with Gasteiger partial charge in [0.2, 0.25) is 17.8 Å². The summed E-state index contributed by atoms with van der Waals surface area (Å²) in [5.74, 6) is -2.64. The van der Waals surface area contributed by atoms with Crippen molar-refractivity contribution < 1.29 is 40.3 Å². The summed E-state index contributed by atoms with van der Waals surface area (Å²) in [7, 11) is 0. The second-order valence-corrected chi connectivity index (χ2v) is 7.40. The van der Waals surface area contributed by atoms with E-state index in [1.54, 1.807) is 0 Å². The molecule has 0 spiro atoms. The Kier molecular flexibility index (Phi) is 8.03. The van der Waals surface area contributed by atoms with E-state index in [-0.39, 0.29) is 26.7 Å². The SMILES string of the molecule is NC(=O)c1ccc(-c2ccc(F)nc2)c(C(F)(F)F)c1.NC(=O)c1ccc(Br)c(C(F)(F)F)c1. The van der Waals surface area contributed by atoms with Crippen LogP contribution in [0, 0.1) is 5.95 Å². The Hall–Kier alpha value is -3.48. The van der Waals surface area contributed by atoms with Gasteiger partial charge >= 0.3 is 12.4 Å². The third-order valence-corrected chi connectivity index (χ3v) is 4.90. The molecule has 0 bridgehead atoms. The Morgan fingerprint density at radius 2 is 1.26 bits per heavy atom. The molecule has 3 aromatic rings. The van der Waals surface area contributed by atoms with Gasteiger partial charge in [-0.25, -0.2) is 4.98 Å². The van der Waals surface area contributed by atoms with Crippen molar-refractivity contribution in [3.8, 4) is 11.1 Å². The van der Waals surface area contributed by atoms with Gasteiger partial charge in [-0.1, -0.05) is 22.0 Å². The zero-order valence-electron chi connectivity index (χ0n) is 16.6. The molecule has 0 aliphatic carbocycles. The summed E-state index contributed by atoms with van der Waals surface area (Å²) in [5.41, 5.74) is 7.36. The molecule has 34 heavy (non-hydrogen) atoms. The minimum atomic E-state index is -4.67. The Bertz CT molecular complexity index is 1210. The zero-order chi connectivity index (χ0) is 25.8. The second kappa shape index (κ2) is 10.2. The van der Waals surface area contributed by atoms with Gasteiger partial charge in [0.25, 0.3) is 0 Å². The summed E-state index contributed by atoms with van der Waals surface area (Å²) >= 11 is 2.74. The van der Waals surface area contributed by atoms with Crippen LogP contribution in [0.3, 0.4) is 0 Å². The van der Waals surface area contributed by atoms with Crippen molar-refractivity contribution in [1.82, 2.24) is 4.98 Å². The molecule has 180 valence electrons. The number of halogens is 8. The lowest BCUT2D eigenvalue weighted by Gasteiger charge is -2.13. The minimum Gasteiger partial charge on any atom is -0.366 e. The highest BCUT2D eigenvalue weighted by molar-refractivity contribution is 9.10. The van der Waals surface area contributed by atoms with E-state index in [2.05, 4.69) is 20.9 Å². The van der Waals surface area contributed by atoms with Crippen LogP contribution in [0.5, 0.6) is 0 Å². The second-order valence-electron chi connectivity index (χ2n) is 6.55. The zero-order valence-corrected chi connectivity index (χ0v) is 18.2. The molecule has 0 radical (unpaired) electrons. The number of amides is 2. The predicted octanol–water partition coefficient (Wildman–Crippen LogP) is 5.57. The lowest BCUT2D eigenvalue weighted by molar-refractivity contribution is -0.138. The molecule has 1 heterocycles. The first-order valence-corrected chi connectivity index (χ1v) is 9.70. The largest absolute Gasteiger partial charge is 0.417 e. The fourth-order valence-electron chi connectivity index (χ4n) is 2.61. The smallest absolute Gasteiger partial charge is 0.366 e. The molecule has 0 aliphatic rings. The van der Waals surface area contributed by atoms with E-state index in [1.807, 2.05) is 0 Å². The number of aromatic nitrogens is 1. The number of rotatable bonds is 3. The summed E-state index contributed by atoms with van der Waals surface area (Å²) in [5, 5.41) is 0. The molecule has 3 rings (SSSR count). The van der Waals surface area contributed by atoms with Gasteiger partial charge < -0.3 is 11.5 Å². The Balaban J connectivity index is 0.000000257. The number of alkyl halides is 6. The predicted molar refractivity (Wildman–Crippen MR) is 111 cm³/mol. The van der Waals surface area contributed by atoms with E-state index in [1.165, 1.54) is 18.2 Å². The highest BCUT2D eigenvalue weighted by Gasteiger charge is 2.35. The fraction of sp³-hybridized carbons (Fsp3) is 0.0952. The van der Waals surface area contributed by atoms with Gasteiger partial charge in [0.05, 0.1) is 11.1 Å². The number of benzene rings is 2. The lowest BCUT2D eigenvalue weighted by atomic mass is 9.98. The molecule has 0 saturated carbocycles. The van der Waals surface area contributed by atoms with Crippen molar-refractivity contribution in [3.63, 3.8) is 0 Å². The van der Waals surface area contributed by atoms with Crippen molar-refractivity contribution in [2.75, 3.05) is 0 Å². The molecule has 0 fully saturated rings. The molecule has 2 aromatic carbocycles. The number of hydrogen-bond donors (Lipinski definition) is 2. The first-order chi connectivity index (χ1) is 15.6. The number of nitrogens with two attached hydrogens (primary N) is 2. The minimum absolute atomic E-state index is 0.0924. The van der Waals surface area contributed by atoms with Gasteiger partial charge in [0.1, 0.15) is 0 Å². The van der Waals surface area contributed by atoms with Gasteiger partial charge in [-0.2, -0.15) is 30.7 Å². The van der Waals surface area contributed by atoms with Crippen LogP contribution in [0.2, 0.25) is 0 Å². The van der Waals surface area contributed by atoms with Crippen molar-refractivity contribution in [1.29, 1.82) is 0 Å². The van der Waals surface area contributed by atoms with Crippen LogP contribution >= 0.6 is 15.9 Å². The standard InChI is InChI=1S/C13H8F4N2O.C8H5BrF3NO/c14-11-4-2-8(6-19-11)9-3-1-7(12(18)20)5-10(9)13(15,16)17;9-6-2-1-4(7(13)14)3-5(6)8(10,11)12/h1-6H,(H2,18,20);1-3H,(H2,13,14). The molecule has 2 amide bonds. The van der Waals surface area contributed by atoms with Crippen LogP contribution < -0.4 is 11.5 Å². The molecular formula is C21H13BrF7N3O2. The number of primary amides is 2. The fourth-order valence-corrected chi connectivity index (χ4v) is 3.09. The number of hydrogen-bond acceptors (Lipinski definition) is 3. The average molecular weight is 552 g/mol. The van der Waals surface area contributed by atoms with Crippen molar-refractivity contribution >= 4 is 27.7 Å². The Morgan fingerprint density at radius 1 is 0.765 bits per heavy atom. The topological polar surface area (TPSA) is 99.1 Å². The van der Waals surface area contributed by atoms with E-state index in [0.717, 1.165) is 24.4 Å². The van der Waals surface area contributed by atoms with Gasteiger partial charge in [0, 0.05) is 27.4 Å². The molecule has 0 saturated heterocycles. The quantitative estimate of drug-likeness (QED) is 0.328. The summed E-state index contributed by atoms with van der Waals surface area (Å²) < 4.78 is 88.6. The first-order valence-electron chi connectivity index (χ1n) is 8.90. The number of nitrogens with zero attached hydrogens (tertiary/aromatic N) is 1. The maximum absolute atomic E-state index is 13.0. The Morgan fingerprint density at radius 3 is 1.71 bits per heavy atom. The average Bonchev–Trinajstić information content (AvgIpc) is 2.73. The molecule has 4 N–H and O–H groups in total. The van der Waals surface area contributed by atoms with Crippen LogP contribution in [0.15, 0.2) is 59.2 Å². The summed E-state index contributed by atoms with van der Waals surface area (Å²) in [6.07, 6.45) is -8.18. The van der Waals surface area contributed by atoms with E-state index in [4.69, 9.17) is 11.5 Å². The molecule has 0 atom stereocenters. The van der Waals surface area contributed by atoms with Gasteiger partial charge in [-0.05, 0) is 48.0 Å². The van der Waals surface area contributed by atoms with Crippen molar-refractivity contribution in [2.45, 2.75) is 12.4 Å². The maximum Gasteiger partial charge on any atom is 0.417 e. The van der Waals surface area contributed by atoms with Gasteiger partial charge in [0.15, 0.2) is 0 Å². The summed E-state index contributed by atoms with van der Waals surface area (Å²) in [6, 6.07) is 8.17. The van der Waals surface area contributed by atoms with E-state index < -0.39 is 41.2 Å². The third kappa shape index (κ3) is 6.76. The van der Waals surface area contributed by atoms with Crippen LogP contribution in [0.25, 0.3) is 11.1 Å². The molecule has 5 nitrogen and oxygen atoms in total. The first kappa shape index (κ1) is 26.8. The molecule has 1 aromatic heterocycles. The van der Waals surface area contributed by atoms with E-state index >= 15 is 0 Å². The lowest BCUT2D eigenvalue weighted by Crippen LogP contribution is -2.14. The van der Waals surface area contributed by atoms with Crippen LogP contribution in [-0.2, 0) is 12.4 Å². The highest BCUT2D eigenvalue weighted by Crippen LogP contribution is 2.37. The van der Waals surface area contributed by atoms with Crippen LogP contribution in [0.4, 0.5) is 30.7 Å². The third-order valence-electron chi connectivity index (χ3n) is 4.20. The highest BCUT2D eigenvalue weighted by atomic mass is 79.9. The van der Waals surface area contributed by atoms with Crippen LogP contribution in [-0.4, -0.2) is 16.8 Å². The number of pyridine rings is 1. The number of carbonyl (C=O) groups is 2. The summed E-state index contributed by atoms with van der Waals surface area (Å²) in [4.78, 5) is 24.9. The monoisotopic (exact) mass is 551 g/mol. The van der Waals surface area contributed by atoms with E-state index in [0.29, 0.717) is 12.1 Å². The molecule has 13 heteroatoms. The maximum atomic E-state index is 13.0. The van der Waals surface area contributed by atoms with Gasteiger partial charge in [-0.3, -0.25) is 9.59 Å². The molecular weight excluding hydrogens is 539 g/mol. The van der Waals surface area contributed by atoms with E-state index in [9.17, 15) is 40.3 Å². The summed E-state index contributed by atoms with van der Waals surface area (Å²) in [6.45, 7) is 0. The molecule has 0 aliphatic heterocycles. The van der Waals surface area contributed by atoms with Crippen molar-refractivity contribution in [3.05, 3.63) is 87.4 Å². The van der Waals surface area contributed by atoms with Gasteiger partial charge in [-0.15, -0.1) is 0 Å². The van der Waals surface area contributed by atoms with Crippen LogP contribution in [0.1, 0.15) is 31.8 Å².